The number of oxime groups is 1. The molecule has 0 fully saturated rings. The molecule has 0 radical (unpaired) electrons. The van der Waals surface area contributed by atoms with Gasteiger partial charge in [0.05, 0.1) is 25.5 Å². The van der Waals surface area contributed by atoms with E-state index in [9.17, 15) is 4.79 Å². The third kappa shape index (κ3) is 4.46. The van der Waals surface area contributed by atoms with E-state index in [0.717, 1.165) is 11.1 Å². The van der Waals surface area contributed by atoms with Gasteiger partial charge in [0, 0.05) is 23.7 Å². The van der Waals surface area contributed by atoms with Crippen LogP contribution in [0.1, 0.15) is 16.7 Å². The van der Waals surface area contributed by atoms with Gasteiger partial charge in [-0.05, 0) is 41.8 Å². The molecule has 0 aliphatic carbocycles. The molecule has 2 aromatic carbocycles. The Kier molecular flexibility index (Phi) is 6.08. The van der Waals surface area contributed by atoms with E-state index in [1.165, 1.54) is 6.21 Å². The average molecular weight is 409 g/mol. The molecule has 3 rings (SSSR count). The number of methoxy groups -OCH3 is 2. The van der Waals surface area contributed by atoms with Crippen molar-refractivity contribution < 1.29 is 19.1 Å². The van der Waals surface area contributed by atoms with Crippen LogP contribution in [0.5, 0.6) is 11.5 Å². The van der Waals surface area contributed by atoms with Crippen molar-refractivity contribution in [1.82, 2.24) is 4.90 Å². The molecule has 0 spiro atoms. The van der Waals surface area contributed by atoms with E-state index in [1.807, 2.05) is 12.1 Å². The van der Waals surface area contributed by atoms with Gasteiger partial charge in [0.15, 0.2) is 11.5 Å². The van der Waals surface area contributed by atoms with Crippen LogP contribution in [-0.4, -0.2) is 38.0 Å². The zero-order valence-electron chi connectivity index (χ0n) is 14.9. The fourth-order valence-corrected chi connectivity index (χ4v) is 3.29. The summed E-state index contributed by atoms with van der Waals surface area (Å²) in [6, 6.07) is 8.79. The molecule has 6 nitrogen and oxygen atoms in total. The Morgan fingerprint density at radius 3 is 2.48 bits per heavy atom. The van der Waals surface area contributed by atoms with Crippen molar-refractivity contribution in [3.63, 3.8) is 0 Å². The Morgan fingerprint density at radius 2 is 1.81 bits per heavy atom. The van der Waals surface area contributed by atoms with Gasteiger partial charge in [-0.15, -0.1) is 0 Å². The number of nitrogens with zero attached hydrogens (tertiary/aromatic N) is 2. The zero-order valence-corrected chi connectivity index (χ0v) is 16.4. The van der Waals surface area contributed by atoms with E-state index in [2.05, 4.69) is 5.16 Å². The molecule has 8 heteroatoms. The summed E-state index contributed by atoms with van der Waals surface area (Å²) in [5, 5.41) is 4.68. The van der Waals surface area contributed by atoms with Gasteiger partial charge < -0.3 is 14.4 Å². The maximum atomic E-state index is 12.3. The SMILES string of the molecule is COc1cc2c(cc1OC)CN(C(=O)O/N=C/c1ccc(Cl)cc1Cl)CC2. The number of fused-ring (bicyclic) bond motifs is 1. The quantitative estimate of drug-likeness (QED) is 0.423. The highest BCUT2D eigenvalue weighted by atomic mass is 35.5. The van der Waals surface area contributed by atoms with E-state index in [-0.39, 0.29) is 0 Å². The van der Waals surface area contributed by atoms with Gasteiger partial charge in [-0.1, -0.05) is 34.4 Å². The molecule has 2 aromatic rings. The number of rotatable bonds is 4. The monoisotopic (exact) mass is 408 g/mol. The number of carbonyl (C=O) groups is 1. The molecular weight excluding hydrogens is 391 g/mol. The van der Waals surface area contributed by atoms with Crippen molar-refractivity contribution in [2.45, 2.75) is 13.0 Å². The summed E-state index contributed by atoms with van der Waals surface area (Å²) in [6.07, 6.45) is 1.54. The third-order valence-electron chi connectivity index (χ3n) is 4.26. The fourth-order valence-electron chi connectivity index (χ4n) is 2.83. The molecule has 0 saturated carbocycles. The first-order chi connectivity index (χ1) is 13.0. The van der Waals surface area contributed by atoms with E-state index in [1.54, 1.807) is 37.3 Å². The van der Waals surface area contributed by atoms with Crippen molar-refractivity contribution in [2.75, 3.05) is 20.8 Å². The summed E-state index contributed by atoms with van der Waals surface area (Å²) in [7, 11) is 3.18. The zero-order chi connectivity index (χ0) is 19.4. The largest absolute Gasteiger partial charge is 0.493 e. The van der Waals surface area contributed by atoms with Crippen LogP contribution in [0.15, 0.2) is 35.5 Å². The molecule has 0 bridgehead atoms. The number of amides is 1. The normalized spacial score (nSPS) is 13.4. The van der Waals surface area contributed by atoms with Crippen LogP contribution >= 0.6 is 23.2 Å². The smallest absolute Gasteiger partial charge is 0.436 e. The summed E-state index contributed by atoms with van der Waals surface area (Å²) >= 11 is 11.9. The topological polar surface area (TPSA) is 60.4 Å². The predicted molar refractivity (Wildman–Crippen MR) is 104 cm³/mol. The Morgan fingerprint density at radius 1 is 1.11 bits per heavy atom. The summed E-state index contributed by atoms with van der Waals surface area (Å²) in [5.41, 5.74) is 2.71. The van der Waals surface area contributed by atoms with Gasteiger partial charge in [-0.3, -0.25) is 4.84 Å². The van der Waals surface area contributed by atoms with Crippen molar-refractivity contribution in [3.8, 4) is 11.5 Å². The van der Waals surface area contributed by atoms with E-state index in [4.69, 9.17) is 37.5 Å². The predicted octanol–water partition coefficient (Wildman–Crippen LogP) is 4.54. The summed E-state index contributed by atoms with van der Waals surface area (Å²) in [5.74, 6) is 1.30. The van der Waals surface area contributed by atoms with Crippen LogP contribution < -0.4 is 9.47 Å². The molecule has 0 unspecified atom stereocenters. The van der Waals surface area contributed by atoms with Gasteiger partial charge in [0.1, 0.15) is 0 Å². The van der Waals surface area contributed by atoms with Crippen molar-refractivity contribution >= 4 is 35.5 Å². The third-order valence-corrected chi connectivity index (χ3v) is 4.82. The lowest BCUT2D eigenvalue weighted by molar-refractivity contribution is 0.101. The van der Waals surface area contributed by atoms with E-state index < -0.39 is 6.09 Å². The molecule has 142 valence electrons. The van der Waals surface area contributed by atoms with Crippen LogP contribution in [0.3, 0.4) is 0 Å². The molecule has 1 aliphatic rings. The Bertz CT molecular complexity index is 886. The van der Waals surface area contributed by atoms with Crippen LogP contribution in [-0.2, 0) is 17.8 Å². The lowest BCUT2D eigenvalue weighted by atomic mass is 9.99. The van der Waals surface area contributed by atoms with Gasteiger partial charge >= 0.3 is 6.09 Å². The van der Waals surface area contributed by atoms with Crippen LogP contribution in [0.2, 0.25) is 10.0 Å². The molecule has 0 saturated heterocycles. The van der Waals surface area contributed by atoms with E-state index in [0.29, 0.717) is 46.6 Å². The second-order valence-electron chi connectivity index (χ2n) is 5.90. The molecule has 0 atom stereocenters. The lowest BCUT2D eigenvalue weighted by Crippen LogP contribution is -2.35. The Balaban J connectivity index is 1.66. The van der Waals surface area contributed by atoms with Crippen LogP contribution in [0.4, 0.5) is 4.79 Å². The second kappa shape index (κ2) is 8.50. The van der Waals surface area contributed by atoms with Gasteiger partial charge in [-0.2, -0.15) is 0 Å². The summed E-state index contributed by atoms with van der Waals surface area (Å²) in [6.45, 7) is 0.935. The van der Waals surface area contributed by atoms with Crippen molar-refractivity contribution in [1.29, 1.82) is 0 Å². The standard InChI is InChI=1S/C19H18Cl2N2O4/c1-25-17-7-12-5-6-23(11-14(12)8-18(17)26-2)19(24)27-22-10-13-3-4-15(20)9-16(13)21/h3-4,7-10H,5-6,11H2,1-2H3/b22-10+. The second-order valence-corrected chi connectivity index (χ2v) is 6.75. The average Bonchev–Trinajstić information content (AvgIpc) is 2.67. The first-order valence-electron chi connectivity index (χ1n) is 8.20. The molecule has 0 N–H and O–H groups in total. The van der Waals surface area contributed by atoms with Crippen LogP contribution in [0.25, 0.3) is 0 Å². The van der Waals surface area contributed by atoms with E-state index >= 15 is 0 Å². The highest BCUT2D eigenvalue weighted by molar-refractivity contribution is 6.36. The lowest BCUT2D eigenvalue weighted by Gasteiger charge is -2.27. The van der Waals surface area contributed by atoms with Gasteiger partial charge in [0.25, 0.3) is 0 Å². The Labute approximate surface area is 167 Å². The highest BCUT2D eigenvalue weighted by Gasteiger charge is 2.24. The molecule has 1 aliphatic heterocycles. The first-order valence-corrected chi connectivity index (χ1v) is 8.95. The minimum Gasteiger partial charge on any atom is -0.493 e. The van der Waals surface area contributed by atoms with Crippen LogP contribution in [0, 0.1) is 0 Å². The molecule has 27 heavy (non-hydrogen) atoms. The summed E-state index contributed by atoms with van der Waals surface area (Å²) in [4.78, 5) is 18.9. The number of ether oxygens (including phenoxy) is 2. The summed E-state index contributed by atoms with van der Waals surface area (Å²) < 4.78 is 10.6. The number of benzene rings is 2. The number of hydrogen-bond acceptors (Lipinski definition) is 5. The molecular formula is C19H18Cl2N2O4. The Hall–Kier alpha value is -2.44. The van der Waals surface area contributed by atoms with Crippen molar-refractivity contribution in [2.24, 2.45) is 5.16 Å². The fraction of sp³-hybridized carbons (Fsp3) is 0.263. The molecule has 1 amide bonds. The number of hydrogen-bond donors (Lipinski definition) is 0. The van der Waals surface area contributed by atoms with Gasteiger partial charge in [-0.25, -0.2) is 4.79 Å². The maximum absolute atomic E-state index is 12.3. The number of carbonyl (C=O) groups excluding carboxylic acids is 1. The van der Waals surface area contributed by atoms with Gasteiger partial charge in [0.2, 0.25) is 0 Å². The van der Waals surface area contributed by atoms with Crippen molar-refractivity contribution in [3.05, 3.63) is 57.1 Å². The first kappa shape index (κ1) is 19.3. The number of halogens is 2. The minimum atomic E-state index is -0.531. The molecule has 1 heterocycles. The maximum Gasteiger partial charge on any atom is 0.436 e. The molecule has 0 aromatic heterocycles. The highest BCUT2D eigenvalue weighted by Crippen LogP contribution is 2.33. The minimum absolute atomic E-state index is 0.408.